The maximum atomic E-state index is 6.03. The van der Waals surface area contributed by atoms with E-state index in [9.17, 15) is 0 Å². The van der Waals surface area contributed by atoms with Crippen molar-refractivity contribution < 1.29 is 9.47 Å². The molecule has 0 N–H and O–H groups in total. The first kappa shape index (κ1) is 17.8. The first-order chi connectivity index (χ1) is 9.97. The molecule has 21 heavy (non-hydrogen) atoms. The van der Waals surface area contributed by atoms with E-state index in [1.165, 1.54) is 19.3 Å². The summed E-state index contributed by atoms with van der Waals surface area (Å²) in [5, 5.41) is 0. The van der Waals surface area contributed by atoms with E-state index in [0.29, 0.717) is 0 Å². The van der Waals surface area contributed by atoms with Crippen LogP contribution in [-0.4, -0.2) is 12.9 Å². The number of benzene rings is 1. The molecule has 0 aliphatic heterocycles. The third kappa shape index (κ3) is 6.81. The molecule has 0 saturated heterocycles. The van der Waals surface area contributed by atoms with Gasteiger partial charge in [-0.05, 0) is 24.1 Å². The summed E-state index contributed by atoms with van der Waals surface area (Å²) in [6.07, 6.45) is 6.44. The molecule has 0 aromatic heterocycles. The third-order valence-electron chi connectivity index (χ3n) is 3.33. The Balaban J connectivity index is 2.54. The monoisotopic (exact) mass is 290 g/mol. The fourth-order valence-corrected chi connectivity index (χ4v) is 1.99. The highest BCUT2D eigenvalue weighted by Gasteiger charge is 2.27. The molecule has 0 saturated carbocycles. The summed E-state index contributed by atoms with van der Waals surface area (Å²) in [5.74, 6) is 0.842. The number of ether oxygens (including phenoxy) is 2. The van der Waals surface area contributed by atoms with Crippen molar-refractivity contribution in [1.82, 2.24) is 0 Å². The van der Waals surface area contributed by atoms with Gasteiger partial charge in [-0.25, -0.2) is 0 Å². The van der Waals surface area contributed by atoms with E-state index in [2.05, 4.69) is 34.3 Å². The quantitative estimate of drug-likeness (QED) is 0.430. The molecule has 0 amide bonds. The SMILES string of the molecule is C=Cc1ccc(OC(OCCCCCC)C(C)(C)C)cc1. The lowest BCUT2D eigenvalue weighted by atomic mass is 9.96. The summed E-state index contributed by atoms with van der Waals surface area (Å²) in [6, 6.07) is 7.94. The molecule has 0 bridgehead atoms. The number of hydrogen-bond acceptors (Lipinski definition) is 2. The van der Waals surface area contributed by atoms with E-state index in [4.69, 9.17) is 9.47 Å². The number of rotatable bonds is 9. The molecule has 0 aliphatic carbocycles. The van der Waals surface area contributed by atoms with Crippen LogP contribution >= 0.6 is 0 Å². The van der Waals surface area contributed by atoms with Crippen molar-refractivity contribution in [2.24, 2.45) is 5.41 Å². The molecule has 2 heteroatoms. The normalized spacial score (nSPS) is 13.0. The van der Waals surface area contributed by atoms with Crippen LogP contribution in [0.25, 0.3) is 6.08 Å². The van der Waals surface area contributed by atoms with Crippen molar-refractivity contribution in [1.29, 1.82) is 0 Å². The summed E-state index contributed by atoms with van der Waals surface area (Å²) in [5.41, 5.74) is 1.04. The molecular weight excluding hydrogens is 260 g/mol. The first-order valence-electron chi connectivity index (χ1n) is 7.98. The van der Waals surface area contributed by atoms with E-state index in [-0.39, 0.29) is 11.7 Å². The fourth-order valence-electron chi connectivity index (χ4n) is 1.99. The standard InChI is InChI=1S/C19H30O2/c1-6-8-9-10-15-20-18(19(3,4)5)21-17-13-11-16(7-2)12-14-17/h7,11-14,18H,2,6,8-10,15H2,1,3-5H3. The van der Waals surface area contributed by atoms with Crippen LogP contribution in [0.4, 0.5) is 0 Å². The Morgan fingerprint density at radius 3 is 2.29 bits per heavy atom. The van der Waals surface area contributed by atoms with Crippen LogP contribution in [0.15, 0.2) is 30.8 Å². The molecular formula is C19H30O2. The highest BCUT2D eigenvalue weighted by Crippen LogP contribution is 2.26. The molecule has 1 unspecified atom stereocenters. The van der Waals surface area contributed by atoms with Crippen molar-refractivity contribution in [2.75, 3.05) is 6.61 Å². The van der Waals surface area contributed by atoms with Gasteiger partial charge in [0.25, 0.3) is 0 Å². The Hall–Kier alpha value is -1.28. The lowest BCUT2D eigenvalue weighted by Gasteiger charge is -2.31. The van der Waals surface area contributed by atoms with E-state index in [1.807, 2.05) is 30.3 Å². The summed E-state index contributed by atoms with van der Waals surface area (Å²) >= 11 is 0. The minimum Gasteiger partial charge on any atom is -0.464 e. The first-order valence-corrected chi connectivity index (χ1v) is 7.98. The van der Waals surface area contributed by atoms with Gasteiger partial charge in [0.15, 0.2) is 0 Å². The van der Waals surface area contributed by atoms with Crippen molar-refractivity contribution >= 4 is 6.08 Å². The Morgan fingerprint density at radius 2 is 1.76 bits per heavy atom. The van der Waals surface area contributed by atoms with Gasteiger partial charge in [0.2, 0.25) is 6.29 Å². The van der Waals surface area contributed by atoms with Crippen molar-refractivity contribution in [3.63, 3.8) is 0 Å². The number of unbranched alkanes of at least 4 members (excludes halogenated alkanes) is 3. The molecule has 1 rings (SSSR count). The molecule has 0 aliphatic rings. The minimum atomic E-state index is -0.228. The van der Waals surface area contributed by atoms with Crippen LogP contribution in [0.5, 0.6) is 5.75 Å². The van der Waals surface area contributed by atoms with Crippen molar-refractivity contribution in [3.8, 4) is 5.75 Å². The minimum absolute atomic E-state index is 0.0537. The predicted molar refractivity (Wildman–Crippen MR) is 90.5 cm³/mol. The molecule has 0 heterocycles. The second-order valence-corrected chi connectivity index (χ2v) is 6.52. The summed E-state index contributed by atoms with van der Waals surface area (Å²) in [6.45, 7) is 13.2. The predicted octanol–water partition coefficient (Wildman–Crippen LogP) is 5.68. The Kier molecular flexibility index (Phi) is 7.52. The zero-order valence-electron chi connectivity index (χ0n) is 14.0. The third-order valence-corrected chi connectivity index (χ3v) is 3.33. The maximum absolute atomic E-state index is 6.03. The van der Waals surface area contributed by atoms with Crippen LogP contribution in [0.3, 0.4) is 0 Å². The van der Waals surface area contributed by atoms with Gasteiger partial charge in [-0.15, -0.1) is 0 Å². The van der Waals surface area contributed by atoms with Crippen molar-refractivity contribution in [3.05, 3.63) is 36.4 Å². The van der Waals surface area contributed by atoms with Crippen LogP contribution in [0.1, 0.15) is 58.9 Å². The van der Waals surface area contributed by atoms with E-state index >= 15 is 0 Å². The van der Waals surface area contributed by atoms with Crippen LogP contribution in [0.2, 0.25) is 0 Å². The summed E-state index contributed by atoms with van der Waals surface area (Å²) in [4.78, 5) is 0. The van der Waals surface area contributed by atoms with Crippen LogP contribution in [0, 0.1) is 5.41 Å². The molecule has 118 valence electrons. The van der Waals surface area contributed by atoms with E-state index in [0.717, 1.165) is 24.3 Å². The van der Waals surface area contributed by atoms with Gasteiger partial charge in [0.05, 0.1) is 6.61 Å². The zero-order chi connectivity index (χ0) is 15.7. The molecule has 0 fully saturated rings. The van der Waals surface area contributed by atoms with Crippen molar-refractivity contribution in [2.45, 2.75) is 59.7 Å². The Morgan fingerprint density at radius 1 is 1.10 bits per heavy atom. The van der Waals surface area contributed by atoms with Crippen LogP contribution in [-0.2, 0) is 4.74 Å². The average molecular weight is 290 g/mol. The van der Waals surface area contributed by atoms with E-state index in [1.54, 1.807) is 0 Å². The van der Waals surface area contributed by atoms with Gasteiger partial charge in [-0.3, -0.25) is 0 Å². The topological polar surface area (TPSA) is 18.5 Å². The maximum Gasteiger partial charge on any atom is 0.204 e. The lowest BCUT2D eigenvalue weighted by Crippen LogP contribution is -2.35. The average Bonchev–Trinajstić information content (AvgIpc) is 2.45. The van der Waals surface area contributed by atoms with Gasteiger partial charge in [-0.2, -0.15) is 0 Å². The van der Waals surface area contributed by atoms with Gasteiger partial charge in [0, 0.05) is 5.41 Å². The highest BCUT2D eigenvalue weighted by atomic mass is 16.7. The zero-order valence-corrected chi connectivity index (χ0v) is 14.0. The lowest BCUT2D eigenvalue weighted by molar-refractivity contribution is -0.141. The largest absolute Gasteiger partial charge is 0.464 e. The Labute approximate surface area is 130 Å². The van der Waals surface area contributed by atoms with Crippen LogP contribution < -0.4 is 4.74 Å². The second kappa shape index (κ2) is 8.89. The molecule has 1 aromatic rings. The molecule has 1 aromatic carbocycles. The van der Waals surface area contributed by atoms with E-state index < -0.39 is 0 Å². The fraction of sp³-hybridized carbons (Fsp3) is 0.579. The molecule has 1 atom stereocenters. The Bertz CT molecular complexity index is 401. The van der Waals surface area contributed by atoms with Gasteiger partial charge in [0.1, 0.15) is 5.75 Å². The van der Waals surface area contributed by atoms with Gasteiger partial charge in [-0.1, -0.05) is 71.7 Å². The molecule has 0 radical (unpaired) electrons. The summed E-state index contributed by atoms with van der Waals surface area (Å²) < 4.78 is 12.0. The molecule has 2 nitrogen and oxygen atoms in total. The number of hydrogen-bond donors (Lipinski definition) is 0. The second-order valence-electron chi connectivity index (χ2n) is 6.52. The summed E-state index contributed by atoms with van der Waals surface area (Å²) in [7, 11) is 0. The highest BCUT2D eigenvalue weighted by molar-refractivity contribution is 5.48. The van der Waals surface area contributed by atoms with Gasteiger partial charge < -0.3 is 9.47 Å². The smallest absolute Gasteiger partial charge is 0.204 e. The molecule has 0 spiro atoms. The van der Waals surface area contributed by atoms with Gasteiger partial charge >= 0.3 is 0 Å².